The van der Waals surface area contributed by atoms with Crippen LogP contribution in [0, 0.1) is 0 Å². The lowest BCUT2D eigenvalue weighted by atomic mass is 10.1. The van der Waals surface area contributed by atoms with Gasteiger partial charge >= 0.3 is 6.18 Å². The molecule has 146 valence electrons. The predicted octanol–water partition coefficient (Wildman–Crippen LogP) is 3.58. The van der Waals surface area contributed by atoms with Gasteiger partial charge in [0.1, 0.15) is 0 Å². The van der Waals surface area contributed by atoms with Gasteiger partial charge in [0, 0.05) is 37.4 Å². The molecule has 0 aliphatic rings. The number of pyridine rings is 1. The van der Waals surface area contributed by atoms with Gasteiger partial charge in [-0.25, -0.2) is 4.98 Å². The summed E-state index contributed by atoms with van der Waals surface area (Å²) in [6, 6.07) is 10.7. The van der Waals surface area contributed by atoms with E-state index in [1.807, 2.05) is 24.3 Å². The SMILES string of the molecule is CN=C(NCCc1ccccc1Cl)NCc1ccc(OCC(F)(F)F)nc1. The Morgan fingerprint density at radius 3 is 2.59 bits per heavy atom. The van der Waals surface area contributed by atoms with E-state index in [0.717, 1.165) is 22.6 Å². The van der Waals surface area contributed by atoms with Crippen molar-refractivity contribution in [2.45, 2.75) is 19.1 Å². The Hall–Kier alpha value is -2.48. The molecule has 27 heavy (non-hydrogen) atoms. The molecule has 0 spiro atoms. The number of nitrogens with zero attached hydrogens (tertiary/aromatic N) is 2. The minimum absolute atomic E-state index is 0.0710. The third-order valence-corrected chi connectivity index (χ3v) is 3.88. The van der Waals surface area contributed by atoms with Crippen LogP contribution < -0.4 is 15.4 Å². The highest BCUT2D eigenvalue weighted by molar-refractivity contribution is 6.31. The molecule has 9 heteroatoms. The lowest BCUT2D eigenvalue weighted by Crippen LogP contribution is -2.37. The molecule has 2 aromatic rings. The van der Waals surface area contributed by atoms with Crippen LogP contribution in [0.1, 0.15) is 11.1 Å². The van der Waals surface area contributed by atoms with Gasteiger partial charge in [0.05, 0.1) is 0 Å². The first kappa shape index (κ1) is 20.8. The van der Waals surface area contributed by atoms with E-state index in [9.17, 15) is 13.2 Å². The van der Waals surface area contributed by atoms with Crippen molar-refractivity contribution in [1.82, 2.24) is 15.6 Å². The van der Waals surface area contributed by atoms with E-state index in [1.54, 1.807) is 13.1 Å². The lowest BCUT2D eigenvalue weighted by Gasteiger charge is -2.13. The number of hydrogen-bond acceptors (Lipinski definition) is 3. The highest BCUT2D eigenvalue weighted by Gasteiger charge is 2.28. The number of guanidine groups is 1. The van der Waals surface area contributed by atoms with Crippen LogP contribution in [0.2, 0.25) is 5.02 Å². The van der Waals surface area contributed by atoms with Crippen molar-refractivity contribution in [2.24, 2.45) is 4.99 Å². The molecule has 0 saturated carbocycles. The Bertz CT molecular complexity index is 751. The van der Waals surface area contributed by atoms with Crippen LogP contribution in [0.25, 0.3) is 0 Å². The van der Waals surface area contributed by atoms with Gasteiger partial charge in [0.15, 0.2) is 12.6 Å². The van der Waals surface area contributed by atoms with E-state index in [2.05, 4.69) is 25.3 Å². The number of benzene rings is 1. The molecule has 0 aliphatic heterocycles. The fourth-order valence-corrected chi connectivity index (χ4v) is 2.41. The van der Waals surface area contributed by atoms with E-state index in [4.69, 9.17) is 11.6 Å². The van der Waals surface area contributed by atoms with E-state index in [-0.39, 0.29) is 5.88 Å². The van der Waals surface area contributed by atoms with E-state index >= 15 is 0 Å². The van der Waals surface area contributed by atoms with Gasteiger partial charge in [-0.1, -0.05) is 35.9 Å². The number of rotatable bonds is 7. The zero-order chi connectivity index (χ0) is 19.7. The molecule has 0 amide bonds. The molecule has 0 radical (unpaired) electrons. The number of halogens is 4. The summed E-state index contributed by atoms with van der Waals surface area (Å²) < 4.78 is 40.9. The Morgan fingerprint density at radius 2 is 1.96 bits per heavy atom. The lowest BCUT2D eigenvalue weighted by molar-refractivity contribution is -0.154. The third-order valence-electron chi connectivity index (χ3n) is 3.51. The van der Waals surface area contributed by atoms with Gasteiger partial charge in [-0.05, 0) is 23.6 Å². The maximum atomic E-state index is 12.1. The molecule has 0 unspecified atom stereocenters. The Kier molecular flexibility index (Phi) is 7.72. The molecule has 5 nitrogen and oxygen atoms in total. The molecule has 0 saturated heterocycles. The Morgan fingerprint density at radius 1 is 1.19 bits per heavy atom. The minimum Gasteiger partial charge on any atom is -0.468 e. The first-order chi connectivity index (χ1) is 12.9. The molecule has 0 fully saturated rings. The van der Waals surface area contributed by atoms with Crippen molar-refractivity contribution in [1.29, 1.82) is 0 Å². The second-order valence-electron chi connectivity index (χ2n) is 5.60. The van der Waals surface area contributed by atoms with Crippen LogP contribution in [-0.4, -0.2) is 37.3 Å². The van der Waals surface area contributed by atoms with Crippen LogP contribution in [0.15, 0.2) is 47.6 Å². The van der Waals surface area contributed by atoms with Crippen molar-refractivity contribution < 1.29 is 17.9 Å². The first-order valence-electron chi connectivity index (χ1n) is 8.20. The van der Waals surface area contributed by atoms with Crippen LogP contribution in [0.4, 0.5) is 13.2 Å². The van der Waals surface area contributed by atoms with Gasteiger partial charge in [0.2, 0.25) is 5.88 Å². The van der Waals surface area contributed by atoms with Crippen LogP contribution in [-0.2, 0) is 13.0 Å². The third kappa shape index (κ3) is 7.74. The molecular weight excluding hydrogens is 381 g/mol. The molecule has 1 heterocycles. The monoisotopic (exact) mass is 400 g/mol. The summed E-state index contributed by atoms with van der Waals surface area (Å²) in [7, 11) is 1.65. The summed E-state index contributed by atoms with van der Waals surface area (Å²) in [6.07, 6.45) is -2.19. The van der Waals surface area contributed by atoms with Crippen LogP contribution in [0.5, 0.6) is 5.88 Å². The zero-order valence-electron chi connectivity index (χ0n) is 14.7. The van der Waals surface area contributed by atoms with Crippen LogP contribution in [0.3, 0.4) is 0 Å². The second-order valence-corrected chi connectivity index (χ2v) is 6.01. The zero-order valence-corrected chi connectivity index (χ0v) is 15.4. The highest BCUT2D eigenvalue weighted by Crippen LogP contribution is 2.17. The normalized spacial score (nSPS) is 12.0. The van der Waals surface area contributed by atoms with E-state index in [1.165, 1.54) is 12.3 Å². The standard InChI is InChI=1S/C18H20ClF3N4O/c1-23-17(24-9-8-14-4-2-3-5-15(14)19)26-11-13-6-7-16(25-10-13)27-12-18(20,21)22/h2-7,10H,8-9,11-12H2,1H3,(H2,23,24,26). The smallest absolute Gasteiger partial charge is 0.422 e. The minimum atomic E-state index is -4.38. The summed E-state index contributed by atoms with van der Waals surface area (Å²) in [5, 5.41) is 7.00. The van der Waals surface area contributed by atoms with Crippen molar-refractivity contribution >= 4 is 17.6 Å². The Balaban J connectivity index is 1.76. The highest BCUT2D eigenvalue weighted by atomic mass is 35.5. The molecule has 1 aromatic heterocycles. The molecule has 2 rings (SSSR count). The van der Waals surface area contributed by atoms with Crippen molar-refractivity contribution in [3.63, 3.8) is 0 Å². The topological polar surface area (TPSA) is 58.5 Å². The average molecular weight is 401 g/mol. The van der Waals surface area contributed by atoms with Crippen molar-refractivity contribution in [3.8, 4) is 5.88 Å². The van der Waals surface area contributed by atoms with E-state index in [0.29, 0.717) is 19.0 Å². The first-order valence-corrected chi connectivity index (χ1v) is 8.57. The quantitative estimate of drug-likeness (QED) is 0.551. The Labute approximate surface area is 160 Å². The second kappa shape index (κ2) is 10.0. The van der Waals surface area contributed by atoms with Crippen molar-refractivity contribution in [3.05, 3.63) is 58.7 Å². The summed E-state index contributed by atoms with van der Waals surface area (Å²) in [6.45, 7) is -0.302. The van der Waals surface area contributed by atoms with Gasteiger partial charge in [0.25, 0.3) is 0 Å². The molecular formula is C18H20ClF3N4O. The molecule has 0 bridgehead atoms. The number of aliphatic imine (C=N–C) groups is 1. The summed E-state index contributed by atoms with van der Waals surface area (Å²) >= 11 is 6.12. The van der Waals surface area contributed by atoms with Gasteiger partial charge < -0.3 is 15.4 Å². The number of ether oxygens (including phenoxy) is 1. The summed E-state index contributed by atoms with van der Waals surface area (Å²) in [4.78, 5) is 7.98. The summed E-state index contributed by atoms with van der Waals surface area (Å²) in [5.74, 6) is 0.526. The fraction of sp³-hybridized carbons (Fsp3) is 0.333. The number of alkyl halides is 3. The molecule has 0 atom stereocenters. The average Bonchev–Trinajstić information content (AvgIpc) is 2.64. The van der Waals surface area contributed by atoms with Crippen molar-refractivity contribution in [2.75, 3.05) is 20.2 Å². The van der Waals surface area contributed by atoms with Crippen LogP contribution >= 0.6 is 11.6 Å². The molecule has 0 aliphatic carbocycles. The fourth-order valence-electron chi connectivity index (χ4n) is 2.18. The van der Waals surface area contributed by atoms with Gasteiger partial charge in [-0.3, -0.25) is 4.99 Å². The predicted molar refractivity (Wildman–Crippen MR) is 99.1 cm³/mol. The van der Waals surface area contributed by atoms with E-state index < -0.39 is 12.8 Å². The van der Waals surface area contributed by atoms with Gasteiger partial charge in [-0.2, -0.15) is 13.2 Å². The number of aromatic nitrogens is 1. The summed E-state index contributed by atoms with van der Waals surface area (Å²) in [5.41, 5.74) is 1.82. The largest absolute Gasteiger partial charge is 0.468 e. The maximum absolute atomic E-state index is 12.1. The van der Waals surface area contributed by atoms with Gasteiger partial charge in [-0.15, -0.1) is 0 Å². The number of nitrogens with one attached hydrogen (secondary N) is 2. The molecule has 2 N–H and O–H groups in total. The number of hydrogen-bond donors (Lipinski definition) is 2. The maximum Gasteiger partial charge on any atom is 0.422 e. The molecule has 1 aromatic carbocycles.